The maximum absolute atomic E-state index is 5.40. The fourth-order valence-corrected chi connectivity index (χ4v) is 2.67. The van der Waals surface area contributed by atoms with Gasteiger partial charge >= 0.3 is 0 Å². The molecule has 2 heteroatoms. The van der Waals surface area contributed by atoms with E-state index in [2.05, 4.69) is 32.3 Å². The molecule has 0 aliphatic rings. The molecule has 0 aromatic rings. The van der Waals surface area contributed by atoms with Crippen molar-refractivity contribution >= 4 is 8.07 Å². The first-order chi connectivity index (χ1) is 6.49. The number of allylic oxidation sites excluding steroid dienone is 1. The van der Waals surface area contributed by atoms with E-state index < -0.39 is 8.07 Å². The Hall–Kier alpha value is -0.243. The first-order valence-electron chi connectivity index (χ1n) is 5.75. The number of hydrogen-bond donors (Lipinski definition) is 0. The molecule has 0 bridgehead atoms. The lowest BCUT2D eigenvalue weighted by atomic mass is 10.1. The predicted octanol–water partition coefficient (Wildman–Crippen LogP) is 4.36. The van der Waals surface area contributed by atoms with Crippen LogP contribution < -0.4 is 0 Å². The molecule has 84 valence electrons. The zero-order chi connectivity index (χ0) is 11.0. The Labute approximate surface area is 90.6 Å². The molecule has 0 aromatic heterocycles. The molecule has 0 aromatic carbocycles. The fraction of sp³-hybridized carbons (Fsp3) is 0.833. The van der Waals surface area contributed by atoms with E-state index in [1.807, 2.05) is 0 Å². The largest absolute Gasteiger partial charge is 0.502 e. The summed E-state index contributed by atoms with van der Waals surface area (Å²) >= 11 is 0. The molecule has 0 rings (SSSR count). The SMILES string of the molecule is CCCCCC/C(=C/[Si](C)(C)C)OC. The van der Waals surface area contributed by atoms with Crippen LogP contribution in [0.4, 0.5) is 0 Å². The van der Waals surface area contributed by atoms with Gasteiger partial charge in [-0.05, 0) is 6.42 Å². The van der Waals surface area contributed by atoms with Crippen LogP contribution in [-0.2, 0) is 4.74 Å². The fourth-order valence-electron chi connectivity index (χ4n) is 1.44. The molecule has 1 nitrogen and oxygen atoms in total. The van der Waals surface area contributed by atoms with Crippen LogP contribution in [0.25, 0.3) is 0 Å². The number of hydrogen-bond acceptors (Lipinski definition) is 1. The van der Waals surface area contributed by atoms with Crippen molar-refractivity contribution in [2.75, 3.05) is 7.11 Å². The zero-order valence-electron chi connectivity index (χ0n) is 10.5. The van der Waals surface area contributed by atoms with E-state index in [0.717, 1.165) is 6.42 Å². The van der Waals surface area contributed by atoms with Gasteiger partial charge in [0, 0.05) is 6.42 Å². The van der Waals surface area contributed by atoms with E-state index in [0.29, 0.717) is 0 Å². The van der Waals surface area contributed by atoms with E-state index in [9.17, 15) is 0 Å². The average molecular weight is 214 g/mol. The molecule has 0 N–H and O–H groups in total. The molecule has 0 fully saturated rings. The Morgan fingerprint density at radius 3 is 2.21 bits per heavy atom. The van der Waals surface area contributed by atoms with Gasteiger partial charge in [0.1, 0.15) is 0 Å². The summed E-state index contributed by atoms with van der Waals surface area (Å²) in [5.41, 5.74) is 2.37. The van der Waals surface area contributed by atoms with Gasteiger partial charge in [-0.2, -0.15) is 0 Å². The lowest BCUT2D eigenvalue weighted by molar-refractivity contribution is 0.274. The van der Waals surface area contributed by atoms with Crippen LogP contribution >= 0.6 is 0 Å². The normalized spacial score (nSPS) is 13.1. The number of methoxy groups -OCH3 is 1. The van der Waals surface area contributed by atoms with Crippen molar-refractivity contribution in [2.24, 2.45) is 0 Å². The van der Waals surface area contributed by atoms with Crippen molar-refractivity contribution in [3.8, 4) is 0 Å². The second-order valence-corrected chi connectivity index (χ2v) is 10.0. The molecule has 0 saturated heterocycles. The van der Waals surface area contributed by atoms with E-state index in [4.69, 9.17) is 4.74 Å². The lowest BCUT2D eigenvalue weighted by Crippen LogP contribution is -2.17. The molecule has 0 aliphatic heterocycles. The highest BCUT2D eigenvalue weighted by molar-refractivity contribution is 6.81. The van der Waals surface area contributed by atoms with Gasteiger partial charge in [-0.15, -0.1) is 0 Å². The van der Waals surface area contributed by atoms with Gasteiger partial charge < -0.3 is 4.74 Å². The minimum absolute atomic E-state index is 1.10. The third-order valence-electron chi connectivity index (χ3n) is 2.13. The van der Waals surface area contributed by atoms with Crippen molar-refractivity contribution < 1.29 is 4.74 Å². The first-order valence-corrected chi connectivity index (χ1v) is 9.33. The Kier molecular flexibility index (Phi) is 6.98. The van der Waals surface area contributed by atoms with Gasteiger partial charge in [0.05, 0.1) is 20.9 Å². The van der Waals surface area contributed by atoms with Crippen molar-refractivity contribution in [3.63, 3.8) is 0 Å². The molecule has 0 radical (unpaired) electrons. The Balaban J connectivity index is 3.85. The van der Waals surface area contributed by atoms with Gasteiger partial charge in [-0.1, -0.05) is 51.5 Å². The van der Waals surface area contributed by atoms with Crippen LogP contribution in [0.15, 0.2) is 11.5 Å². The Morgan fingerprint density at radius 2 is 1.79 bits per heavy atom. The van der Waals surface area contributed by atoms with E-state index in [1.54, 1.807) is 7.11 Å². The van der Waals surface area contributed by atoms with Crippen LogP contribution in [0.3, 0.4) is 0 Å². The van der Waals surface area contributed by atoms with E-state index >= 15 is 0 Å². The maximum atomic E-state index is 5.40. The summed E-state index contributed by atoms with van der Waals surface area (Å²) in [6.45, 7) is 9.28. The van der Waals surface area contributed by atoms with Gasteiger partial charge in [0.15, 0.2) is 0 Å². The van der Waals surface area contributed by atoms with Crippen LogP contribution in [-0.4, -0.2) is 15.2 Å². The lowest BCUT2D eigenvalue weighted by Gasteiger charge is -2.13. The van der Waals surface area contributed by atoms with Crippen LogP contribution in [0.2, 0.25) is 19.6 Å². The standard InChI is InChI=1S/C12H26OSi/c1-6-7-8-9-10-12(13-2)11-14(3,4)5/h11H,6-10H2,1-5H3/b12-11-. The highest BCUT2D eigenvalue weighted by Crippen LogP contribution is 2.14. The summed E-state index contributed by atoms with van der Waals surface area (Å²) in [7, 11) is 0.701. The molecule has 0 spiro atoms. The van der Waals surface area contributed by atoms with Crippen LogP contribution in [0.5, 0.6) is 0 Å². The van der Waals surface area contributed by atoms with Gasteiger partial charge in [-0.25, -0.2) is 0 Å². The van der Waals surface area contributed by atoms with Crippen molar-refractivity contribution in [2.45, 2.75) is 58.7 Å². The Bertz CT molecular complexity index is 168. The van der Waals surface area contributed by atoms with Crippen LogP contribution in [0, 0.1) is 0 Å². The van der Waals surface area contributed by atoms with Crippen molar-refractivity contribution in [1.82, 2.24) is 0 Å². The highest BCUT2D eigenvalue weighted by Gasteiger charge is 2.11. The second kappa shape index (κ2) is 7.10. The zero-order valence-corrected chi connectivity index (χ0v) is 11.5. The molecule has 0 unspecified atom stereocenters. The predicted molar refractivity (Wildman–Crippen MR) is 67.2 cm³/mol. The number of unbranched alkanes of at least 4 members (excludes halogenated alkanes) is 3. The molecular formula is C12H26OSi. The third kappa shape index (κ3) is 8.36. The summed E-state index contributed by atoms with van der Waals surface area (Å²) in [5, 5.41) is 0. The molecule has 0 saturated carbocycles. The highest BCUT2D eigenvalue weighted by atomic mass is 28.3. The summed E-state index contributed by atoms with van der Waals surface area (Å²) in [5.74, 6) is 1.21. The van der Waals surface area contributed by atoms with Gasteiger partial charge in [0.25, 0.3) is 0 Å². The first kappa shape index (κ1) is 13.8. The number of rotatable bonds is 7. The topological polar surface area (TPSA) is 9.23 Å². The molecule has 0 heterocycles. The maximum Gasteiger partial charge on any atom is 0.0877 e. The number of ether oxygens (including phenoxy) is 1. The van der Waals surface area contributed by atoms with Crippen LogP contribution in [0.1, 0.15) is 39.0 Å². The average Bonchev–Trinajstić information content (AvgIpc) is 2.08. The Morgan fingerprint density at radius 1 is 1.14 bits per heavy atom. The summed E-state index contributed by atoms with van der Waals surface area (Å²) in [6, 6.07) is 0. The molecule has 0 amide bonds. The quantitative estimate of drug-likeness (QED) is 0.347. The second-order valence-electron chi connectivity index (χ2n) is 4.99. The molecule has 14 heavy (non-hydrogen) atoms. The van der Waals surface area contributed by atoms with E-state index in [-0.39, 0.29) is 0 Å². The summed E-state index contributed by atoms with van der Waals surface area (Å²) < 4.78 is 5.40. The van der Waals surface area contributed by atoms with Crippen molar-refractivity contribution in [3.05, 3.63) is 11.5 Å². The molecule has 0 atom stereocenters. The van der Waals surface area contributed by atoms with E-state index in [1.165, 1.54) is 31.4 Å². The molecule has 0 aliphatic carbocycles. The summed E-state index contributed by atoms with van der Waals surface area (Å²) in [4.78, 5) is 0. The summed E-state index contributed by atoms with van der Waals surface area (Å²) in [6.07, 6.45) is 6.39. The minimum Gasteiger partial charge on any atom is -0.502 e. The van der Waals surface area contributed by atoms with Gasteiger partial charge in [-0.3, -0.25) is 0 Å². The smallest absolute Gasteiger partial charge is 0.0877 e. The minimum atomic E-state index is -1.10. The van der Waals surface area contributed by atoms with Crippen molar-refractivity contribution in [1.29, 1.82) is 0 Å². The van der Waals surface area contributed by atoms with Gasteiger partial charge in [0.2, 0.25) is 0 Å². The third-order valence-corrected chi connectivity index (χ3v) is 3.32. The monoisotopic (exact) mass is 214 g/mol. The molecular weight excluding hydrogens is 188 g/mol.